The minimum atomic E-state index is -0.706. The van der Waals surface area contributed by atoms with E-state index in [9.17, 15) is 24.3 Å². The second-order valence-electron chi connectivity index (χ2n) is 11.4. The summed E-state index contributed by atoms with van der Waals surface area (Å²) in [6.45, 7) is 7.75. The summed E-state index contributed by atoms with van der Waals surface area (Å²) in [6.07, 6.45) is 6.56. The van der Waals surface area contributed by atoms with E-state index in [1.54, 1.807) is 9.80 Å². The molecule has 11 heteroatoms. The molecular weight excluding hydrogens is 504 g/mol. The van der Waals surface area contributed by atoms with E-state index in [2.05, 4.69) is 10.3 Å². The van der Waals surface area contributed by atoms with Gasteiger partial charge in [-0.15, -0.1) is 0 Å². The van der Waals surface area contributed by atoms with Crippen LogP contribution in [0.5, 0.6) is 5.75 Å². The van der Waals surface area contributed by atoms with Crippen LogP contribution in [0.25, 0.3) is 0 Å². The molecule has 1 aromatic heterocycles. The molecule has 2 atom stereocenters. The maximum Gasteiger partial charge on any atom is 0.410 e. The Balaban J connectivity index is 1.48. The number of methoxy groups -OCH3 is 1. The summed E-state index contributed by atoms with van der Waals surface area (Å²) < 4.78 is 10.2. The van der Waals surface area contributed by atoms with Crippen LogP contribution in [0.1, 0.15) is 77.3 Å². The smallest absolute Gasteiger partial charge is 0.410 e. The van der Waals surface area contributed by atoms with E-state index in [0.717, 1.165) is 19.3 Å². The van der Waals surface area contributed by atoms with Crippen LogP contribution in [0.4, 0.5) is 4.79 Å². The fraction of sp³-hybridized carbons (Fsp3) is 0.679. The number of hydrogen-bond donors (Lipinski definition) is 2. The number of nitrogens with one attached hydrogen (secondary N) is 1. The first-order valence-corrected chi connectivity index (χ1v) is 13.7. The lowest BCUT2D eigenvalue weighted by Gasteiger charge is -2.35. The van der Waals surface area contributed by atoms with Gasteiger partial charge in [0.2, 0.25) is 11.8 Å². The molecule has 2 fully saturated rings. The van der Waals surface area contributed by atoms with Gasteiger partial charge in [0.25, 0.3) is 0 Å². The Bertz CT molecular complexity index is 1020. The molecule has 0 aromatic carbocycles. The van der Waals surface area contributed by atoms with Crippen molar-refractivity contribution in [2.24, 2.45) is 11.8 Å². The van der Waals surface area contributed by atoms with Gasteiger partial charge in [-0.2, -0.15) is 0 Å². The van der Waals surface area contributed by atoms with Gasteiger partial charge in [-0.1, -0.05) is 0 Å². The first-order chi connectivity index (χ1) is 18.4. The number of nitrogens with zero attached hydrogens (tertiary/aromatic N) is 3. The fourth-order valence-corrected chi connectivity index (χ4v) is 5.06. The number of hydrogen-bond acceptors (Lipinski definition) is 8. The Labute approximate surface area is 230 Å². The van der Waals surface area contributed by atoms with Crippen LogP contribution in [0.2, 0.25) is 0 Å². The van der Waals surface area contributed by atoms with Crippen molar-refractivity contribution in [1.82, 2.24) is 20.1 Å². The highest BCUT2D eigenvalue weighted by atomic mass is 16.6. The Morgan fingerprint density at radius 1 is 1.10 bits per heavy atom. The average molecular weight is 547 g/mol. The third kappa shape index (κ3) is 9.40. The summed E-state index contributed by atoms with van der Waals surface area (Å²) in [5.74, 6) is -0.816. The molecule has 2 aliphatic rings. The summed E-state index contributed by atoms with van der Waals surface area (Å²) in [4.78, 5) is 57.8. The lowest BCUT2D eigenvalue weighted by Crippen LogP contribution is -2.46. The van der Waals surface area contributed by atoms with E-state index in [0.29, 0.717) is 56.9 Å². The van der Waals surface area contributed by atoms with Gasteiger partial charge in [0.05, 0.1) is 31.7 Å². The first-order valence-electron chi connectivity index (χ1n) is 13.7. The molecule has 11 nitrogen and oxygen atoms in total. The monoisotopic (exact) mass is 546 g/mol. The predicted octanol–water partition coefficient (Wildman–Crippen LogP) is 3.17. The van der Waals surface area contributed by atoms with Crippen molar-refractivity contribution >= 4 is 23.9 Å². The molecule has 0 bridgehead atoms. The molecule has 3 rings (SSSR count). The predicted molar refractivity (Wildman–Crippen MR) is 142 cm³/mol. The van der Waals surface area contributed by atoms with Gasteiger partial charge in [-0.3, -0.25) is 19.4 Å². The van der Waals surface area contributed by atoms with Crippen molar-refractivity contribution in [2.75, 3.05) is 33.3 Å². The lowest BCUT2D eigenvalue weighted by molar-refractivity contribution is -0.141. The maximum absolute atomic E-state index is 13.2. The average Bonchev–Trinajstić information content (AvgIpc) is 2.90. The summed E-state index contributed by atoms with van der Waals surface area (Å²) in [7, 11) is 1.27. The van der Waals surface area contributed by atoms with E-state index in [-0.39, 0.29) is 30.1 Å². The van der Waals surface area contributed by atoms with E-state index in [1.165, 1.54) is 25.6 Å². The quantitative estimate of drug-likeness (QED) is 0.474. The molecule has 216 valence electrons. The molecule has 0 radical (unpaired) electrons. The molecule has 2 N–H and O–H groups in total. The number of aromatic nitrogens is 1. The minimum absolute atomic E-state index is 0.0327. The highest BCUT2D eigenvalue weighted by Gasteiger charge is 2.32. The van der Waals surface area contributed by atoms with Gasteiger partial charge in [0.1, 0.15) is 11.4 Å². The SMILES string of the molecule is COC(=O)CC(NC(=O)[C@@H]1CCCN(C(=O)CCC2CCN(C(=O)OC(C)(C)C)CC2)C1)c1cncc(O)c1. The normalized spacial score (nSPS) is 19.2. The van der Waals surface area contributed by atoms with Crippen molar-refractivity contribution in [3.05, 3.63) is 24.0 Å². The minimum Gasteiger partial charge on any atom is -0.506 e. The molecule has 0 aliphatic carbocycles. The van der Waals surface area contributed by atoms with E-state index < -0.39 is 23.5 Å². The van der Waals surface area contributed by atoms with Crippen LogP contribution >= 0.6 is 0 Å². The molecule has 0 spiro atoms. The van der Waals surface area contributed by atoms with Crippen LogP contribution in [0.15, 0.2) is 18.5 Å². The largest absolute Gasteiger partial charge is 0.506 e. The fourth-order valence-electron chi connectivity index (χ4n) is 5.06. The second kappa shape index (κ2) is 13.6. The molecule has 39 heavy (non-hydrogen) atoms. The lowest BCUT2D eigenvalue weighted by atomic mass is 9.91. The van der Waals surface area contributed by atoms with Gasteiger partial charge >= 0.3 is 12.1 Å². The third-order valence-electron chi connectivity index (χ3n) is 7.24. The number of esters is 1. The van der Waals surface area contributed by atoms with Crippen molar-refractivity contribution < 1.29 is 33.8 Å². The number of pyridine rings is 1. The Kier molecular flexibility index (Phi) is 10.5. The van der Waals surface area contributed by atoms with E-state index in [1.807, 2.05) is 20.8 Å². The molecule has 1 aromatic rings. The zero-order chi connectivity index (χ0) is 28.6. The molecular formula is C28H42N4O7. The molecule has 1 unspecified atom stereocenters. The summed E-state index contributed by atoms with van der Waals surface area (Å²) in [5.41, 5.74) is -0.0247. The van der Waals surface area contributed by atoms with Crippen molar-refractivity contribution in [3.8, 4) is 5.75 Å². The molecule has 3 amide bonds. The molecule has 0 saturated carbocycles. The van der Waals surface area contributed by atoms with Crippen LogP contribution in [0.3, 0.4) is 0 Å². The molecule has 3 heterocycles. The van der Waals surface area contributed by atoms with Crippen molar-refractivity contribution in [1.29, 1.82) is 0 Å². The van der Waals surface area contributed by atoms with Gasteiger partial charge in [-0.05, 0) is 70.4 Å². The maximum atomic E-state index is 13.2. The second-order valence-corrected chi connectivity index (χ2v) is 11.4. The Hall–Kier alpha value is -3.37. The molecule has 2 saturated heterocycles. The Morgan fingerprint density at radius 3 is 2.46 bits per heavy atom. The third-order valence-corrected chi connectivity index (χ3v) is 7.24. The number of carbonyl (C=O) groups is 4. The summed E-state index contributed by atoms with van der Waals surface area (Å²) in [5, 5.41) is 12.7. The number of aromatic hydroxyl groups is 1. The summed E-state index contributed by atoms with van der Waals surface area (Å²) >= 11 is 0. The Morgan fingerprint density at radius 2 is 1.82 bits per heavy atom. The highest BCUT2D eigenvalue weighted by molar-refractivity contribution is 5.82. The van der Waals surface area contributed by atoms with Gasteiger partial charge < -0.3 is 29.7 Å². The van der Waals surface area contributed by atoms with E-state index in [4.69, 9.17) is 9.47 Å². The topological polar surface area (TPSA) is 138 Å². The molecule has 2 aliphatic heterocycles. The first kappa shape index (κ1) is 30.2. The zero-order valence-electron chi connectivity index (χ0n) is 23.5. The number of rotatable bonds is 8. The highest BCUT2D eigenvalue weighted by Crippen LogP contribution is 2.26. The number of piperidine rings is 2. The number of likely N-dealkylation sites (tertiary alicyclic amines) is 2. The number of ether oxygens (including phenoxy) is 2. The van der Waals surface area contributed by atoms with Crippen LogP contribution < -0.4 is 5.32 Å². The van der Waals surface area contributed by atoms with Crippen LogP contribution in [-0.2, 0) is 23.9 Å². The summed E-state index contributed by atoms with van der Waals surface area (Å²) in [6, 6.07) is 0.748. The van der Waals surface area contributed by atoms with Crippen molar-refractivity contribution in [3.63, 3.8) is 0 Å². The number of carbonyl (C=O) groups excluding carboxylic acids is 4. The van der Waals surface area contributed by atoms with Crippen molar-refractivity contribution in [2.45, 2.75) is 77.4 Å². The van der Waals surface area contributed by atoms with Gasteiger partial charge in [-0.25, -0.2) is 4.79 Å². The van der Waals surface area contributed by atoms with Crippen LogP contribution in [0, 0.1) is 11.8 Å². The zero-order valence-corrected chi connectivity index (χ0v) is 23.5. The standard InChI is InChI=1S/C28H42N4O7/c1-28(2,3)39-27(37)31-12-9-19(10-13-31)7-8-24(34)32-11-5-6-20(18-32)26(36)30-23(15-25(35)38-4)21-14-22(33)17-29-16-21/h14,16-17,19-20,23,33H,5-13,15,18H2,1-4H3,(H,30,36)/t20-,23?/m1/s1. The van der Waals surface area contributed by atoms with Gasteiger partial charge in [0.15, 0.2) is 0 Å². The van der Waals surface area contributed by atoms with Gasteiger partial charge in [0, 0.05) is 38.8 Å². The number of amides is 3. The van der Waals surface area contributed by atoms with Crippen LogP contribution in [-0.4, -0.2) is 82.7 Å². The van der Waals surface area contributed by atoms with E-state index >= 15 is 0 Å².